The van der Waals surface area contributed by atoms with Gasteiger partial charge >= 0.3 is 6.18 Å². The van der Waals surface area contributed by atoms with Crippen LogP contribution in [0.3, 0.4) is 0 Å². The Morgan fingerprint density at radius 1 is 1.42 bits per heavy atom. The van der Waals surface area contributed by atoms with Crippen LogP contribution in [-0.2, 0) is 17.3 Å². The van der Waals surface area contributed by atoms with Gasteiger partial charge in [-0.3, -0.25) is 0 Å². The molecule has 0 aromatic carbocycles. The fourth-order valence-electron chi connectivity index (χ4n) is 1.31. The number of hydrogen-bond acceptors (Lipinski definition) is 3. The zero-order valence-electron chi connectivity index (χ0n) is 8.93. The Morgan fingerprint density at radius 2 is 2.11 bits per heavy atom. The molecule has 19 heavy (non-hydrogen) atoms. The third kappa shape index (κ3) is 2.77. The van der Waals surface area contributed by atoms with Crippen LogP contribution in [0, 0.1) is 0 Å². The summed E-state index contributed by atoms with van der Waals surface area (Å²) in [5.74, 6) is -0.155. The molecule has 1 atom stereocenters. The van der Waals surface area contributed by atoms with Crippen molar-refractivity contribution in [1.82, 2.24) is 14.8 Å². The molecule has 0 aliphatic rings. The van der Waals surface area contributed by atoms with Gasteiger partial charge in [-0.1, -0.05) is 11.6 Å². The standard InChI is InChI=1S/C9H5ClF3N3O2S/c10-5-2-1-3-14-8(5)16-7(19(17)18)4-6(15-16)9(11,12)13/h1-4H,(H,17,18). The minimum Gasteiger partial charge on any atom is -0.301 e. The second-order valence-electron chi connectivity index (χ2n) is 3.34. The summed E-state index contributed by atoms with van der Waals surface area (Å²) in [5.41, 5.74) is -1.30. The van der Waals surface area contributed by atoms with E-state index >= 15 is 0 Å². The lowest BCUT2D eigenvalue weighted by molar-refractivity contribution is -0.141. The lowest BCUT2D eigenvalue weighted by Crippen LogP contribution is -2.09. The fourth-order valence-corrected chi connectivity index (χ4v) is 2.00. The van der Waals surface area contributed by atoms with Gasteiger partial charge in [0.15, 0.2) is 16.5 Å². The van der Waals surface area contributed by atoms with Crippen molar-refractivity contribution < 1.29 is 21.9 Å². The smallest absolute Gasteiger partial charge is 0.301 e. The van der Waals surface area contributed by atoms with E-state index in [1.165, 1.54) is 18.3 Å². The molecular formula is C9H5ClF3N3O2S. The van der Waals surface area contributed by atoms with Gasteiger partial charge in [0.25, 0.3) is 0 Å². The molecule has 2 rings (SSSR count). The first-order valence-electron chi connectivity index (χ1n) is 4.69. The van der Waals surface area contributed by atoms with Crippen LogP contribution in [0.15, 0.2) is 29.4 Å². The molecule has 0 radical (unpaired) electrons. The van der Waals surface area contributed by atoms with Crippen molar-refractivity contribution >= 4 is 22.7 Å². The Bertz CT molecular complexity index is 644. The number of rotatable bonds is 2. The number of aromatic nitrogens is 3. The Hall–Kier alpha value is -1.45. The van der Waals surface area contributed by atoms with Crippen LogP contribution in [0.4, 0.5) is 13.2 Å². The van der Waals surface area contributed by atoms with Crippen molar-refractivity contribution in [2.45, 2.75) is 11.2 Å². The van der Waals surface area contributed by atoms with Gasteiger partial charge in [-0.25, -0.2) is 13.9 Å². The fraction of sp³-hybridized carbons (Fsp3) is 0.111. The largest absolute Gasteiger partial charge is 0.435 e. The van der Waals surface area contributed by atoms with E-state index in [0.29, 0.717) is 10.7 Å². The van der Waals surface area contributed by atoms with E-state index in [0.717, 1.165) is 0 Å². The number of alkyl halides is 3. The highest BCUT2D eigenvalue weighted by Gasteiger charge is 2.36. The van der Waals surface area contributed by atoms with E-state index in [2.05, 4.69) is 10.1 Å². The summed E-state index contributed by atoms with van der Waals surface area (Å²) in [6.45, 7) is 0. The molecule has 0 aliphatic heterocycles. The predicted molar refractivity (Wildman–Crippen MR) is 60.4 cm³/mol. The Morgan fingerprint density at radius 3 is 2.63 bits per heavy atom. The van der Waals surface area contributed by atoms with Crippen LogP contribution >= 0.6 is 11.6 Å². The highest BCUT2D eigenvalue weighted by Crippen LogP contribution is 2.31. The maximum Gasteiger partial charge on any atom is 0.435 e. The third-order valence-corrected chi connectivity index (χ3v) is 3.03. The second-order valence-corrected chi connectivity index (χ2v) is 4.66. The molecule has 0 aliphatic carbocycles. The van der Waals surface area contributed by atoms with E-state index < -0.39 is 28.0 Å². The van der Waals surface area contributed by atoms with Gasteiger partial charge in [0, 0.05) is 12.3 Å². The van der Waals surface area contributed by atoms with Crippen LogP contribution in [0.5, 0.6) is 0 Å². The van der Waals surface area contributed by atoms with Crippen molar-refractivity contribution in [3.63, 3.8) is 0 Å². The molecule has 0 bridgehead atoms. The molecule has 1 N–H and O–H groups in total. The van der Waals surface area contributed by atoms with Gasteiger partial charge in [-0.05, 0) is 12.1 Å². The van der Waals surface area contributed by atoms with Crippen LogP contribution in [0.2, 0.25) is 5.02 Å². The molecule has 2 aromatic heterocycles. The van der Waals surface area contributed by atoms with Crippen LogP contribution in [-0.4, -0.2) is 23.5 Å². The van der Waals surface area contributed by atoms with Gasteiger partial charge < -0.3 is 4.55 Å². The van der Waals surface area contributed by atoms with Gasteiger partial charge in [0.1, 0.15) is 0 Å². The molecule has 1 unspecified atom stereocenters. The topological polar surface area (TPSA) is 68.0 Å². The summed E-state index contributed by atoms with van der Waals surface area (Å²) >= 11 is 3.11. The monoisotopic (exact) mass is 311 g/mol. The molecule has 0 fully saturated rings. The maximum absolute atomic E-state index is 12.6. The van der Waals surface area contributed by atoms with Crippen molar-refractivity contribution in [2.75, 3.05) is 0 Å². The first-order chi connectivity index (χ1) is 8.80. The summed E-state index contributed by atoms with van der Waals surface area (Å²) in [7, 11) is 0. The molecule has 0 amide bonds. The first-order valence-corrected chi connectivity index (χ1v) is 6.18. The molecule has 0 saturated heterocycles. The summed E-state index contributed by atoms with van der Waals surface area (Å²) in [5, 5.41) is 2.67. The van der Waals surface area contributed by atoms with Crippen molar-refractivity contribution in [1.29, 1.82) is 0 Å². The normalized spacial score (nSPS) is 13.5. The molecular weight excluding hydrogens is 307 g/mol. The predicted octanol–water partition coefficient (Wildman–Crippen LogP) is 2.52. The first kappa shape index (κ1) is 14.0. The number of nitrogens with zero attached hydrogens (tertiary/aromatic N) is 3. The van der Waals surface area contributed by atoms with Crippen LogP contribution in [0.1, 0.15) is 5.69 Å². The SMILES string of the molecule is O=S(O)c1cc(C(F)(F)F)nn1-c1ncccc1Cl. The number of hydrogen-bond donors (Lipinski definition) is 1. The van der Waals surface area contributed by atoms with E-state index in [1.807, 2.05) is 0 Å². The number of pyridine rings is 1. The van der Waals surface area contributed by atoms with E-state index in [1.54, 1.807) is 0 Å². The highest BCUT2D eigenvalue weighted by molar-refractivity contribution is 7.79. The van der Waals surface area contributed by atoms with Crippen LogP contribution in [0.25, 0.3) is 5.82 Å². The van der Waals surface area contributed by atoms with E-state index in [9.17, 15) is 17.4 Å². The summed E-state index contributed by atoms with van der Waals surface area (Å²) in [6, 6.07) is 3.32. The Labute approximate surface area is 112 Å². The summed E-state index contributed by atoms with van der Waals surface area (Å²) in [6.07, 6.45) is -3.46. The molecule has 0 spiro atoms. The lowest BCUT2D eigenvalue weighted by atomic mass is 10.4. The van der Waals surface area contributed by atoms with E-state index in [4.69, 9.17) is 16.2 Å². The molecule has 0 saturated carbocycles. The minimum atomic E-state index is -4.74. The highest BCUT2D eigenvalue weighted by atomic mass is 35.5. The molecule has 2 aromatic rings. The quantitative estimate of drug-likeness (QED) is 0.865. The minimum absolute atomic E-state index is 0.00558. The molecule has 10 heteroatoms. The van der Waals surface area contributed by atoms with Gasteiger partial charge in [0.05, 0.1) is 5.02 Å². The zero-order valence-corrected chi connectivity index (χ0v) is 10.5. The zero-order chi connectivity index (χ0) is 14.2. The van der Waals surface area contributed by atoms with Gasteiger partial charge in [0.2, 0.25) is 11.1 Å². The number of halogens is 4. The van der Waals surface area contributed by atoms with Crippen molar-refractivity contribution in [3.8, 4) is 5.82 Å². The van der Waals surface area contributed by atoms with Gasteiger partial charge in [-0.2, -0.15) is 18.3 Å². The molecule has 2 heterocycles. The molecule has 102 valence electrons. The lowest BCUT2D eigenvalue weighted by Gasteiger charge is -2.05. The Kier molecular flexibility index (Phi) is 3.61. The third-order valence-electron chi connectivity index (χ3n) is 2.09. The van der Waals surface area contributed by atoms with Gasteiger partial charge in [-0.15, -0.1) is 0 Å². The van der Waals surface area contributed by atoms with Crippen LogP contribution < -0.4 is 0 Å². The average Bonchev–Trinajstić information content (AvgIpc) is 2.74. The van der Waals surface area contributed by atoms with E-state index in [-0.39, 0.29) is 10.8 Å². The van der Waals surface area contributed by atoms with Crippen molar-refractivity contribution in [3.05, 3.63) is 35.1 Å². The maximum atomic E-state index is 12.6. The average molecular weight is 312 g/mol. The summed E-state index contributed by atoms with van der Waals surface area (Å²) < 4.78 is 58.3. The Balaban J connectivity index is 2.66. The summed E-state index contributed by atoms with van der Waals surface area (Å²) in [4.78, 5) is 3.74. The van der Waals surface area contributed by atoms with Crippen molar-refractivity contribution in [2.24, 2.45) is 0 Å². The molecule has 5 nitrogen and oxygen atoms in total. The second kappa shape index (κ2) is 4.91.